The smallest absolute Gasteiger partial charge is 0.224 e. The van der Waals surface area contributed by atoms with Crippen LogP contribution in [0.15, 0.2) is 0 Å². The Hall–Kier alpha value is -1.59. The summed E-state index contributed by atoms with van der Waals surface area (Å²) in [6.07, 6.45) is 5.61. The third-order valence-corrected chi connectivity index (χ3v) is 5.23. The fraction of sp³-hybridized carbons (Fsp3) is 0.875. The highest BCUT2D eigenvalue weighted by molar-refractivity contribution is 5.81. The van der Waals surface area contributed by atoms with Gasteiger partial charge in [-0.2, -0.15) is 0 Å². The fourth-order valence-corrected chi connectivity index (χ4v) is 3.47. The minimum absolute atomic E-state index is 0. The van der Waals surface area contributed by atoms with E-state index in [4.69, 9.17) is 0 Å². The van der Waals surface area contributed by atoms with Crippen LogP contribution in [-0.4, -0.2) is 70.2 Å². The standard InChI is InChI=1S/C8H15NO.C7H13NO.C6H11NO.3CH4/c1-7(2)9-6-4-3-5-8(9)10;1-6(2)8-5-3-4-7(8)9;1-5(2)7-4-3-6(7)8;;;/h7H,3-6H2,1-2H3;6H,3-5H2,1-2H3;5H,3-4H2,1-2H3;3*1H4. The average molecular weight is 430 g/mol. The molecule has 3 heterocycles. The van der Waals surface area contributed by atoms with Gasteiger partial charge in [0.2, 0.25) is 17.7 Å². The van der Waals surface area contributed by atoms with Crippen molar-refractivity contribution in [1.29, 1.82) is 0 Å². The predicted octanol–water partition coefficient (Wildman–Crippen LogP) is 4.96. The summed E-state index contributed by atoms with van der Waals surface area (Å²) < 4.78 is 0. The van der Waals surface area contributed by atoms with E-state index in [0.717, 1.165) is 51.7 Å². The number of β-lactam (4-membered cyclic amide) rings is 1. The van der Waals surface area contributed by atoms with Gasteiger partial charge in [-0.1, -0.05) is 22.3 Å². The van der Waals surface area contributed by atoms with Crippen molar-refractivity contribution in [1.82, 2.24) is 14.7 Å². The van der Waals surface area contributed by atoms with Gasteiger partial charge in [0.05, 0.1) is 0 Å². The molecule has 0 aromatic carbocycles. The largest absolute Gasteiger partial charge is 0.340 e. The number of carbonyl (C=O) groups is 3. The van der Waals surface area contributed by atoms with Crippen molar-refractivity contribution in [2.24, 2.45) is 0 Å². The summed E-state index contributed by atoms with van der Waals surface area (Å²) in [7, 11) is 0. The van der Waals surface area contributed by atoms with Crippen LogP contribution < -0.4 is 0 Å². The number of hydrogen-bond donors (Lipinski definition) is 0. The van der Waals surface area contributed by atoms with Crippen molar-refractivity contribution in [2.45, 2.75) is 120 Å². The highest BCUT2D eigenvalue weighted by Crippen LogP contribution is 2.13. The molecule has 0 bridgehead atoms. The number of rotatable bonds is 3. The van der Waals surface area contributed by atoms with Crippen molar-refractivity contribution in [2.75, 3.05) is 19.6 Å². The summed E-state index contributed by atoms with van der Waals surface area (Å²) in [5, 5.41) is 0. The Balaban J connectivity index is -0.000000349. The van der Waals surface area contributed by atoms with Crippen LogP contribution in [0.3, 0.4) is 0 Å². The van der Waals surface area contributed by atoms with E-state index in [1.165, 1.54) is 6.42 Å². The number of hydrogen-bond acceptors (Lipinski definition) is 3. The maximum absolute atomic E-state index is 11.2. The van der Waals surface area contributed by atoms with Crippen LogP contribution in [0.4, 0.5) is 0 Å². The lowest BCUT2D eigenvalue weighted by Gasteiger charge is -2.34. The first-order valence-corrected chi connectivity index (χ1v) is 10.5. The van der Waals surface area contributed by atoms with Gasteiger partial charge in [0, 0.05) is 57.0 Å². The van der Waals surface area contributed by atoms with E-state index in [1.807, 2.05) is 28.5 Å². The quantitative estimate of drug-likeness (QED) is 0.596. The van der Waals surface area contributed by atoms with Gasteiger partial charge in [-0.3, -0.25) is 14.4 Å². The molecular formula is C24H51N3O3. The maximum Gasteiger partial charge on any atom is 0.224 e. The van der Waals surface area contributed by atoms with E-state index >= 15 is 0 Å². The molecule has 0 saturated carbocycles. The van der Waals surface area contributed by atoms with Gasteiger partial charge in [-0.05, 0) is 60.8 Å². The third-order valence-electron chi connectivity index (χ3n) is 5.23. The first kappa shape index (κ1) is 33.1. The minimum Gasteiger partial charge on any atom is -0.340 e. The summed E-state index contributed by atoms with van der Waals surface area (Å²) >= 11 is 0. The SMILES string of the molecule is C.C.C.CC(C)N1CCC1=O.CC(C)N1CCCC1=O.CC(C)N1CCCCC1=O. The van der Waals surface area contributed by atoms with Crippen molar-refractivity contribution in [3.8, 4) is 0 Å². The molecule has 6 heteroatoms. The Morgan fingerprint density at radius 1 is 0.500 bits per heavy atom. The van der Waals surface area contributed by atoms with Crippen LogP contribution in [0.25, 0.3) is 0 Å². The molecule has 0 N–H and O–H groups in total. The van der Waals surface area contributed by atoms with Gasteiger partial charge in [0.1, 0.15) is 0 Å². The Morgan fingerprint density at radius 3 is 1.03 bits per heavy atom. The van der Waals surface area contributed by atoms with Gasteiger partial charge >= 0.3 is 0 Å². The van der Waals surface area contributed by atoms with Gasteiger partial charge in [-0.25, -0.2) is 0 Å². The molecule has 3 amide bonds. The van der Waals surface area contributed by atoms with E-state index < -0.39 is 0 Å². The zero-order valence-corrected chi connectivity index (χ0v) is 18.2. The molecule has 0 aromatic rings. The lowest BCUT2D eigenvalue weighted by atomic mass is 10.1. The summed E-state index contributed by atoms with van der Waals surface area (Å²) in [4.78, 5) is 38.5. The first-order valence-electron chi connectivity index (χ1n) is 10.5. The van der Waals surface area contributed by atoms with Crippen LogP contribution in [0, 0.1) is 0 Å². The summed E-state index contributed by atoms with van der Waals surface area (Å²) in [6, 6.07) is 1.21. The molecule has 3 aliphatic heterocycles. The molecule has 0 atom stereocenters. The van der Waals surface area contributed by atoms with Gasteiger partial charge in [-0.15, -0.1) is 0 Å². The third kappa shape index (κ3) is 10.4. The van der Waals surface area contributed by atoms with E-state index in [9.17, 15) is 14.4 Å². The van der Waals surface area contributed by atoms with Crippen LogP contribution in [0.1, 0.15) is 102 Å². The minimum atomic E-state index is 0. The van der Waals surface area contributed by atoms with Crippen molar-refractivity contribution >= 4 is 17.7 Å². The summed E-state index contributed by atoms with van der Waals surface area (Å²) in [5.74, 6) is 0.964. The Morgan fingerprint density at radius 2 is 0.833 bits per heavy atom. The van der Waals surface area contributed by atoms with Gasteiger partial charge < -0.3 is 14.7 Å². The molecule has 0 aliphatic carbocycles. The topological polar surface area (TPSA) is 60.9 Å². The highest BCUT2D eigenvalue weighted by atomic mass is 16.2. The number of nitrogens with zero attached hydrogens (tertiary/aromatic N) is 3. The molecular weight excluding hydrogens is 378 g/mol. The summed E-state index contributed by atoms with van der Waals surface area (Å²) in [6.45, 7) is 15.2. The number of amides is 3. The predicted molar refractivity (Wildman–Crippen MR) is 128 cm³/mol. The normalized spacial score (nSPS) is 17.9. The first-order chi connectivity index (χ1) is 12.6. The fourth-order valence-electron chi connectivity index (χ4n) is 3.47. The average Bonchev–Trinajstić information content (AvgIpc) is 3.00. The molecule has 0 unspecified atom stereocenters. The Bertz CT molecular complexity index is 504. The second-order valence-electron chi connectivity index (χ2n) is 8.35. The zero-order chi connectivity index (χ0) is 20.6. The molecule has 3 rings (SSSR count). The lowest BCUT2D eigenvalue weighted by molar-refractivity contribution is -0.142. The van der Waals surface area contributed by atoms with Gasteiger partial charge in [0.15, 0.2) is 0 Å². The zero-order valence-electron chi connectivity index (χ0n) is 18.2. The van der Waals surface area contributed by atoms with E-state index in [0.29, 0.717) is 35.8 Å². The number of piperidine rings is 1. The molecule has 0 radical (unpaired) electrons. The van der Waals surface area contributed by atoms with Crippen molar-refractivity contribution in [3.63, 3.8) is 0 Å². The van der Waals surface area contributed by atoms with Crippen LogP contribution in [0.2, 0.25) is 0 Å². The monoisotopic (exact) mass is 429 g/mol. The van der Waals surface area contributed by atoms with Crippen LogP contribution in [-0.2, 0) is 14.4 Å². The lowest BCUT2D eigenvalue weighted by Crippen LogP contribution is -2.47. The van der Waals surface area contributed by atoms with E-state index in [1.54, 1.807) is 0 Å². The van der Waals surface area contributed by atoms with Crippen LogP contribution in [0.5, 0.6) is 0 Å². The molecule has 0 aromatic heterocycles. The van der Waals surface area contributed by atoms with E-state index in [2.05, 4.69) is 27.7 Å². The molecule has 0 spiro atoms. The molecule has 180 valence electrons. The number of carbonyl (C=O) groups excluding carboxylic acids is 3. The number of likely N-dealkylation sites (tertiary alicyclic amines) is 3. The van der Waals surface area contributed by atoms with Gasteiger partial charge in [0.25, 0.3) is 0 Å². The molecule has 30 heavy (non-hydrogen) atoms. The molecule has 6 nitrogen and oxygen atoms in total. The second-order valence-corrected chi connectivity index (χ2v) is 8.35. The van der Waals surface area contributed by atoms with E-state index in [-0.39, 0.29) is 22.3 Å². The Kier molecular flexibility index (Phi) is 17.8. The van der Waals surface area contributed by atoms with Crippen molar-refractivity contribution < 1.29 is 14.4 Å². The van der Waals surface area contributed by atoms with Crippen molar-refractivity contribution in [3.05, 3.63) is 0 Å². The van der Waals surface area contributed by atoms with Crippen LogP contribution >= 0.6 is 0 Å². The second kappa shape index (κ2) is 16.1. The highest BCUT2D eigenvalue weighted by Gasteiger charge is 2.25. The maximum atomic E-state index is 11.2. The molecule has 3 fully saturated rings. The summed E-state index contributed by atoms with van der Waals surface area (Å²) in [5.41, 5.74) is 0. The molecule has 3 saturated heterocycles. The molecule has 3 aliphatic rings. The Labute approximate surface area is 187 Å².